The van der Waals surface area contributed by atoms with Crippen LogP contribution in [-0.2, 0) is 22.6 Å². The molecular weight excluding hydrogens is 496 g/mol. The third-order valence-corrected chi connectivity index (χ3v) is 6.51. The van der Waals surface area contributed by atoms with Gasteiger partial charge < -0.3 is 28.7 Å². The fourth-order valence-corrected chi connectivity index (χ4v) is 4.52. The quantitative estimate of drug-likeness (QED) is 0.340. The van der Waals surface area contributed by atoms with Crippen LogP contribution in [-0.4, -0.2) is 67.8 Å². The Balaban J connectivity index is 1.28. The molecule has 2 amide bonds. The molecule has 0 spiro atoms. The highest BCUT2D eigenvalue weighted by atomic mass is 16.5. The van der Waals surface area contributed by atoms with Gasteiger partial charge >= 0.3 is 0 Å². The second-order valence-corrected chi connectivity index (χ2v) is 9.81. The Bertz CT molecular complexity index is 1260. The van der Waals surface area contributed by atoms with Crippen molar-refractivity contribution in [2.75, 3.05) is 40.6 Å². The number of benzene rings is 3. The summed E-state index contributed by atoms with van der Waals surface area (Å²) < 4.78 is 23.4. The summed E-state index contributed by atoms with van der Waals surface area (Å²) in [5, 5.41) is 0. The number of fused-ring (bicyclic) bond motifs is 1. The molecule has 1 atom stereocenters. The van der Waals surface area contributed by atoms with Gasteiger partial charge in [0, 0.05) is 33.2 Å². The van der Waals surface area contributed by atoms with Gasteiger partial charge in [0.15, 0.2) is 6.73 Å². The Morgan fingerprint density at radius 3 is 2.38 bits per heavy atom. The molecule has 8 heteroatoms. The largest absolute Gasteiger partial charge is 0.492 e. The summed E-state index contributed by atoms with van der Waals surface area (Å²) in [4.78, 5) is 28.8. The van der Waals surface area contributed by atoms with E-state index in [4.69, 9.17) is 18.9 Å². The molecule has 1 heterocycles. The van der Waals surface area contributed by atoms with E-state index in [1.807, 2.05) is 68.4 Å². The van der Waals surface area contributed by atoms with Crippen LogP contribution in [0.2, 0.25) is 0 Å². The fraction of sp³-hybridized carbons (Fsp3) is 0.355. The van der Waals surface area contributed by atoms with E-state index in [1.165, 1.54) is 0 Å². The van der Waals surface area contributed by atoms with E-state index >= 15 is 0 Å². The molecule has 0 N–H and O–H groups in total. The van der Waals surface area contributed by atoms with Gasteiger partial charge in [0.05, 0.1) is 12.1 Å². The lowest BCUT2D eigenvalue weighted by Gasteiger charge is -2.31. The van der Waals surface area contributed by atoms with E-state index < -0.39 is 5.60 Å². The molecule has 0 aliphatic carbocycles. The van der Waals surface area contributed by atoms with Gasteiger partial charge in [-0.3, -0.25) is 9.59 Å². The zero-order valence-corrected chi connectivity index (χ0v) is 23.0. The third-order valence-electron chi connectivity index (χ3n) is 6.51. The van der Waals surface area contributed by atoms with Crippen molar-refractivity contribution < 1.29 is 28.5 Å². The summed E-state index contributed by atoms with van der Waals surface area (Å²) in [6, 6.07) is 22.8. The number of ether oxygens (including phenoxy) is 4. The summed E-state index contributed by atoms with van der Waals surface area (Å²) in [7, 11) is 3.46. The molecule has 0 aromatic heterocycles. The summed E-state index contributed by atoms with van der Waals surface area (Å²) in [6.45, 7) is 5.43. The standard InChI is InChI=1S/C31H36N2O6/c1-5-39-31(2,30(35)32(3)4)20-23-11-13-25(14-12-23)36-18-17-33-22-38-28-19-26(15-16-27(28)29(33)34)37-21-24-9-7-6-8-10-24/h6-16,19H,5,17-18,20-22H2,1-4H3. The van der Waals surface area contributed by atoms with Crippen molar-refractivity contribution in [2.45, 2.75) is 32.5 Å². The molecule has 8 nitrogen and oxygen atoms in total. The first kappa shape index (κ1) is 28.0. The maximum atomic E-state index is 13.0. The van der Waals surface area contributed by atoms with Gasteiger partial charge in [0.1, 0.15) is 36.1 Å². The number of rotatable bonds is 12. The lowest BCUT2D eigenvalue weighted by molar-refractivity contribution is -0.153. The first-order chi connectivity index (χ1) is 18.8. The first-order valence-electron chi connectivity index (χ1n) is 13.1. The number of hydrogen-bond donors (Lipinski definition) is 0. The van der Waals surface area contributed by atoms with Crippen molar-refractivity contribution in [3.63, 3.8) is 0 Å². The van der Waals surface area contributed by atoms with E-state index in [1.54, 1.807) is 42.1 Å². The zero-order chi connectivity index (χ0) is 27.8. The fourth-order valence-electron chi connectivity index (χ4n) is 4.52. The summed E-state index contributed by atoms with van der Waals surface area (Å²) in [5.74, 6) is 1.67. The average Bonchev–Trinajstić information content (AvgIpc) is 2.94. The van der Waals surface area contributed by atoms with Crippen LogP contribution in [0.15, 0.2) is 72.8 Å². The number of amides is 2. The van der Waals surface area contributed by atoms with E-state index in [-0.39, 0.29) is 18.5 Å². The second kappa shape index (κ2) is 12.7. The van der Waals surface area contributed by atoms with Crippen LogP contribution >= 0.6 is 0 Å². The smallest absolute Gasteiger partial charge is 0.260 e. The first-order valence-corrected chi connectivity index (χ1v) is 13.1. The minimum Gasteiger partial charge on any atom is -0.492 e. The summed E-state index contributed by atoms with van der Waals surface area (Å²) >= 11 is 0. The molecule has 0 bridgehead atoms. The molecule has 0 radical (unpaired) electrons. The lowest BCUT2D eigenvalue weighted by Crippen LogP contribution is -2.47. The van der Waals surface area contributed by atoms with E-state index in [2.05, 4.69) is 0 Å². The van der Waals surface area contributed by atoms with Gasteiger partial charge in [-0.05, 0) is 49.2 Å². The molecule has 3 aromatic rings. The molecular formula is C31H36N2O6. The van der Waals surface area contributed by atoms with Gasteiger partial charge in [-0.15, -0.1) is 0 Å². The van der Waals surface area contributed by atoms with E-state index in [0.29, 0.717) is 55.6 Å². The van der Waals surface area contributed by atoms with Crippen molar-refractivity contribution in [1.82, 2.24) is 9.80 Å². The number of likely N-dealkylation sites (N-methyl/N-ethyl adjacent to an activating group) is 1. The predicted octanol–water partition coefficient (Wildman–Crippen LogP) is 4.56. The van der Waals surface area contributed by atoms with Crippen LogP contribution in [0.1, 0.15) is 35.3 Å². The highest BCUT2D eigenvalue weighted by Gasteiger charge is 2.35. The number of nitrogens with zero attached hydrogens (tertiary/aromatic N) is 2. The van der Waals surface area contributed by atoms with Crippen molar-refractivity contribution in [3.05, 3.63) is 89.5 Å². The SMILES string of the molecule is CCOC(C)(Cc1ccc(OCCN2COc3cc(OCc4ccccc4)ccc3C2=O)cc1)C(=O)N(C)C. The molecule has 0 saturated carbocycles. The van der Waals surface area contributed by atoms with E-state index in [0.717, 1.165) is 11.1 Å². The van der Waals surface area contributed by atoms with Crippen LogP contribution in [0.25, 0.3) is 0 Å². The molecule has 39 heavy (non-hydrogen) atoms. The minimum absolute atomic E-state index is 0.0735. The van der Waals surface area contributed by atoms with Crippen LogP contribution in [0, 0.1) is 0 Å². The number of carbonyl (C=O) groups excluding carboxylic acids is 2. The van der Waals surface area contributed by atoms with Crippen molar-refractivity contribution in [3.8, 4) is 17.2 Å². The third kappa shape index (κ3) is 7.09. The number of carbonyl (C=O) groups is 2. The minimum atomic E-state index is -0.930. The predicted molar refractivity (Wildman–Crippen MR) is 148 cm³/mol. The van der Waals surface area contributed by atoms with Crippen LogP contribution in [0.4, 0.5) is 0 Å². The van der Waals surface area contributed by atoms with E-state index in [9.17, 15) is 9.59 Å². The Labute approximate surface area is 230 Å². The maximum absolute atomic E-state index is 13.0. The normalized spacial score (nSPS) is 14.2. The van der Waals surface area contributed by atoms with Crippen LogP contribution in [0.5, 0.6) is 17.2 Å². The Morgan fingerprint density at radius 2 is 1.69 bits per heavy atom. The molecule has 0 saturated heterocycles. The number of hydrogen-bond acceptors (Lipinski definition) is 6. The van der Waals surface area contributed by atoms with Gasteiger partial charge in [0.25, 0.3) is 11.8 Å². The van der Waals surface area contributed by atoms with Crippen molar-refractivity contribution in [2.24, 2.45) is 0 Å². The maximum Gasteiger partial charge on any atom is 0.260 e. The highest BCUT2D eigenvalue weighted by Crippen LogP contribution is 2.30. The molecule has 4 rings (SSSR count). The second-order valence-electron chi connectivity index (χ2n) is 9.81. The molecule has 3 aromatic carbocycles. The van der Waals surface area contributed by atoms with Crippen molar-refractivity contribution >= 4 is 11.8 Å². The Hall–Kier alpha value is -4.04. The zero-order valence-electron chi connectivity index (χ0n) is 23.0. The molecule has 1 unspecified atom stereocenters. The average molecular weight is 533 g/mol. The van der Waals surface area contributed by atoms with Gasteiger partial charge in [0.2, 0.25) is 0 Å². The van der Waals surface area contributed by atoms with Crippen LogP contribution < -0.4 is 14.2 Å². The Morgan fingerprint density at radius 1 is 0.974 bits per heavy atom. The van der Waals surface area contributed by atoms with Gasteiger partial charge in [-0.25, -0.2) is 0 Å². The highest BCUT2D eigenvalue weighted by molar-refractivity contribution is 5.98. The van der Waals surface area contributed by atoms with Gasteiger partial charge in [-0.1, -0.05) is 42.5 Å². The van der Waals surface area contributed by atoms with Crippen molar-refractivity contribution in [1.29, 1.82) is 0 Å². The van der Waals surface area contributed by atoms with Crippen LogP contribution in [0.3, 0.4) is 0 Å². The monoisotopic (exact) mass is 532 g/mol. The molecule has 0 fully saturated rings. The topological polar surface area (TPSA) is 77.5 Å². The molecule has 206 valence electrons. The van der Waals surface area contributed by atoms with Gasteiger partial charge in [-0.2, -0.15) is 0 Å². The summed E-state index contributed by atoms with van der Waals surface area (Å²) in [6.07, 6.45) is 0.455. The molecule has 1 aliphatic rings. The molecule has 1 aliphatic heterocycles. The summed E-state index contributed by atoms with van der Waals surface area (Å²) in [5.41, 5.74) is 1.61. The Kier molecular flexibility index (Phi) is 9.09. The lowest BCUT2D eigenvalue weighted by atomic mass is 9.94.